The van der Waals surface area contributed by atoms with Crippen LogP contribution >= 0.6 is 0 Å². The summed E-state index contributed by atoms with van der Waals surface area (Å²) >= 11 is 0. The first-order chi connectivity index (χ1) is 8.89. The highest BCUT2D eigenvalue weighted by Crippen LogP contribution is 2.23. The van der Waals surface area contributed by atoms with E-state index in [0.717, 1.165) is 12.1 Å². The lowest BCUT2D eigenvalue weighted by molar-refractivity contribution is -0.150. The van der Waals surface area contributed by atoms with Crippen molar-refractivity contribution in [2.75, 3.05) is 19.7 Å². The standard InChI is InChI=1S/C14H19F2NO2/c1-14(2)9-17(7-12(8-18)19-14)6-10-5-11(15)3-4-13(10)16/h3-5,12,18H,6-9H2,1-2H3. The van der Waals surface area contributed by atoms with Crippen molar-refractivity contribution in [2.45, 2.75) is 32.1 Å². The number of nitrogens with zero attached hydrogens (tertiary/aromatic N) is 1. The Hall–Kier alpha value is -1.04. The number of hydrogen-bond donors (Lipinski definition) is 1. The Morgan fingerprint density at radius 1 is 1.42 bits per heavy atom. The second kappa shape index (κ2) is 5.53. The molecule has 1 aromatic rings. The fourth-order valence-electron chi connectivity index (χ4n) is 2.54. The number of ether oxygens (including phenoxy) is 1. The number of halogens is 2. The van der Waals surface area contributed by atoms with Crippen molar-refractivity contribution >= 4 is 0 Å². The number of aliphatic hydroxyl groups excluding tert-OH is 1. The molecule has 0 amide bonds. The molecule has 1 aliphatic rings. The molecule has 1 unspecified atom stereocenters. The van der Waals surface area contributed by atoms with Gasteiger partial charge in [-0.05, 0) is 32.0 Å². The molecule has 1 atom stereocenters. The maximum atomic E-state index is 13.6. The Kier molecular flexibility index (Phi) is 4.18. The lowest BCUT2D eigenvalue weighted by atomic mass is 10.0. The summed E-state index contributed by atoms with van der Waals surface area (Å²) in [6.45, 7) is 5.20. The number of hydrogen-bond acceptors (Lipinski definition) is 3. The van der Waals surface area contributed by atoms with Crippen molar-refractivity contribution in [3.05, 3.63) is 35.4 Å². The van der Waals surface area contributed by atoms with Crippen molar-refractivity contribution in [1.29, 1.82) is 0 Å². The van der Waals surface area contributed by atoms with Crippen LogP contribution in [-0.4, -0.2) is 41.4 Å². The lowest BCUT2D eigenvalue weighted by Crippen LogP contribution is -2.53. The molecule has 0 bridgehead atoms. The largest absolute Gasteiger partial charge is 0.394 e. The van der Waals surface area contributed by atoms with Gasteiger partial charge in [0.2, 0.25) is 0 Å². The molecule has 0 spiro atoms. The molecule has 1 aromatic carbocycles. The third-order valence-corrected chi connectivity index (χ3v) is 3.16. The zero-order valence-corrected chi connectivity index (χ0v) is 11.2. The van der Waals surface area contributed by atoms with Crippen LogP contribution in [0.15, 0.2) is 18.2 Å². The maximum Gasteiger partial charge on any atom is 0.127 e. The number of rotatable bonds is 3. The van der Waals surface area contributed by atoms with Gasteiger partial charge in [-0.1, -0.05) is 0 Å². The van der Waals surface area contributed by atoms with Crippen LogP contribution < -0.4 is 0 Å². The van der Waals surface area contributed by atoms with Crippen molar-refractivity contribution in [3.63, 3.8) is 0 Å². The van der Waals surface area contributed by atoms with Gasteiger partial charge in [0.25, 0.3) is 0 Å². The van der Waals surface area contributed by atoms with E-state index in [-0.39, 0.29) is 12.7 Å². The van der Waals surface area contributed by atoms with Crippen LogP contribution in [0.1, 0.15) is 19.4 Å². The molecule has 0 radical (unpaired) electrons. The fourth-order valence-corrected chi connectivity index (χ4v) is 2.54. The van der Waals surface area contributed by atoms with Crippen LogP contribution in [0, 0.1) is 11.6 Å². The molecule has 19 heavy (non-hydrogen) atoms. The minimum absolute atomic E-state index is 0.0778. The lowest BCUT2D eigenvalue weighted by Gasteiger charge is -2.42. The molecular weight excluding hydrogens is 252 g/mol. The summed E-state index contributed by atoms with van der Waals surface area (Å²) in [6.07, 6.45) is -0.291. The molecule has 1 fully saturated rings. The zero-order valence-electron chi connectivity index (χ0n) is 11.2. The van der Waals surface area contributed by atoms with E-state index in [1.165, 1.54) is 6.07 Å². The average Bonchev–Trinajstić information content (AvgIpc) is 2.32. The van der Waals surface area contributed by atoms with Gasteiger partial charge in [0.05, 0.1) is 18.3 Å². The second-order valence-electron chi connectivity index (χ2n) is 5.59. The van der Waals surface area contributed by atoms with E-state index in [9.17, 15) is 13.9 Å². The summed E-state index contributed by atoms with van der Waals surface area (Å²) in [6, 6.07) is 3.46. The topological polar surface area (TPSA) is 32.7 Å². The number of aliphatic hydroxyl groups is 1. The van der Waals surface area contributed by atoms with Gasteiger partial charge in [0, 0.05) is 25.2 Å². The minimum Gasteiger partial charge on any atom is -0.394 e. The molecule has 5 heteroatoms. The van der Waals surface area contributed by atoms with Crippen LogP contribution in [0.2, 0.25) is 0 Å². The Balaban J connectivity index is 2.11. The summed E-state index contributed by atoms with van der Waals surface area (Å²) in [4.78, 5) is 1.97. The van der Waals surface area contributed by atoms with E-state index in [0.29, 0.717) is 25.2 Å². The van der Waals surface area contributed by atoms with Gasteiger partial charge in [0.15, 0.2) is 0 Å². The zero-order chi connectivity index (χ0) is 14.0. The summed E-state index contributed by atoms with van der Waals surface area (Å²) in [7, 11) is 0. The highest BCUT2D eigenvalue weighted by atomic mass is 19.1. The molecule has 1 saturated heterocycles. The highest BCUT2D eigenvalue weighted by Gasteiger charge is 2.33. The van der Waals surface area contributed by atoms with Crippen molar-refractivity contribution in [1.82, 2.24) is 4.90 Å². The molecule has 2 rings (SSSR count). The summed E-state index contributed by atoms with van der Waals surface area (Å²) in [5, 5.41) is 9.22. The highest BCUT2D eigenvalue weighted by molar-refractivity contribution is 5.18. The summed E-state index contributed by atoms with van der Waals surface area (Å²) in [5.74, 6) is -0.853. The molecule has 3 nitrogen and oxygen atoms in total. The second-order valence-corrected chi connectivity index (χ2v) is 5.59. The van der Waals surface area contributed by atoms with Crippen LogP contribution in [0.4, 0.5) is 8.78 Å². The van der Waals surface area contributed by atoms with Gasteiger partial charge in [0.1, 0.15) is 11.6 Å². The predicted molar refractivity (Wildman–Crippen MR) is 67.7 cm³/mol. The average molecular weight is 271 g/mol. The molecule has 1 aliphatic heterocycles. The molecular formula is C14H19F2NO2. The summed E-state index contributed by atoms with van der Waals surface area (Å²) < 4.78 is 32.5. The SMILES string of the molecule is CC1(C)CN(Cc2cc(F)ccc2F)CC(CO)O1. The van der Waals surface area contributed by atoms with Crippen LogP contribution in [0.3, 0.4) is 0 Å². The van der Waals surface area contributed by atoms with Crippen molar-refractivity contribution in [2.24, 2.45) is 0 Å². The van der Waals surface area contributed by atoms with E-state index in [4.69, 9.17) is 4.74 Å². The van der Waals surface area contributed by atoms with Gasteiger partial charge in [-0.2, -0.15) is 0 Å². The first-order valence-electron chi connectivity index (χ1n) is 6.34. The molecule has 0 aromatic heterocycles. The van der Waals surface area contributed by atoms with E-state index in [2.05, 4.69) is 0 Å². The fraction of sp³-hybridized carbons (Fsp3) is 0.571. The molecule has 0 aliphatic carbocycles. The third kappa shape index (κ3) is 3.72. The normalized spacial score (nSPS) is 23.5. The van der Waals surface area contributed by atoms with E-state index < -0.39 is 17.2 Å². The summed E-state index contributed by atoms with van der Waals surface area (Å²) in [5.41, 5.74) is -0.0792. The Bertz CT molecular complexity index is 451. The van der Waals surface area contributed by atoms with Crippen molar-refractivity contribution < 1.29 is 18.6 Å². The maximum absolute atomic E-state index is 13.6. The van der Waals surface area contributed by atoms with Gasteiger partial charge < -0.3 is 9.84 Å². The third-order valence-electron chi connectivity index (χ3n) is 3.16. The van der Waals surface area contributed by atoms with E-state index >= 15 is 0 Å². The molecule has 106 valence electrons. The Morgan fingerprint density at radius 3 is 2.84 bits per heavy atom. The number of morpholine rings is 1. The van der Waals surface area contributed by atoms with Crippen LogP contribution in [0.5, 0.6) is 0 Å². The monoisotopic (exact) mass is 271 g/mol. The van der Waals surface area contributed by atoms with Gasteiger partial charge in [-0.3, -0.25) is 4.90 Å². The van der Waals surface area contributed by atoms with Gasteiger partial charge in [-0.25, -0.2) is 8.78 Å². The van der Waals surface area contributed by atoms with E-state index in [1.54, 1.807) is 0 Å². The first kappa shape index (κ1) is 14.4. The van der Waals surface area contributed by atoms with Crippen LogP contribution in [0.25, 0.3) is 0 Å². The molecule has 1 heterocycles. The van der Waals surface area contributed by atoms with Crippen LogP contribution in [-0.2, 0) is 11.3 Å². The quantitative estimate of drug-likeness (QED) is 0.912. The molecule has 0 saturated carbocycles. The first-order valence-corrected chi connectivity index (χ1v) is 6.34. The van der Waals surface area contributed by atoms with Gasteiger partial charge >= 0.3 is 0 Å². The van der Waals surface area contributed by atoms with Crippen molar-refractivity contribution in [3.8, 4) is 0 Å². The molecule has 1 N–H and O–H groups in total. The Labute approximate surface area is 111 Å². The number of benzene rings is 1. The predicted octanol–water partition coefficient (Wildman–Crippen LogP) is 1.94. The van der Waals surface area contributed by atoms with E-state index in [1.807, 2.05) is 18.7 Å². The Morgan fingerprint density at radius 2 is 2.16 bits per heavy atom. The smallest absolute Gasteiger partial charge is 0.127 e. The van der Waals surface area contributed by atoms with Gasteiger partial charge in [-0.15, -0.1) is 0 Å². The minimum atomic E-state index is -0.442.